The van der Waals surface area contributed by atoms with Crippen LogP contribution in [0, 0.1) is 7.43 Å². The zero-order chi connectivity index (χ0) is 30.9. The largest absolute Gasteiger partial charge is 0.481 e. The molecule has 10 nitrogen and oxygen atoms in total. The third-order valence-corrected chi connectivity index (χ3v) is 13.4. The second kappa shape index (κ2) is 16.1. The number of carbonyl (C=O) groups excluding carboxylic acids is 1. The molecule has 252 valence electrons. The van der Waals surface area contributed by atoms with Crippen LogP contribution in [0.3, 0.4) is 0 Å². The molecule has 0 saturated heterocycles. The smallest absolute Gasteiger partial charge is 0.316 e. The van der Waals surface area contributed by atoms with Crippen molar-refractivity contribution in [1.82, 2.24) is 29.5 Å². The number of fused-ring (bicyclic) bond motifs is 2. The molecule has 4 aromatic heterocycles. The van der Waals surface area contributed by atoms with Gasteiger partial charge < -0.3 is 17.3 Å². The van der Waals surface area contributed by atoms with Gasteiger partial charge in [0.25, 0.3) is 0 Å². The van der Waals surface area contributed by atoms with E-state index in [9.17, 15) is 9.59 Å². The van der Waals surface area contributed by atoms with Crippen LogP contribution in [0.5, 0.6) is 0 Å². The minimum Gasteiger partial charge on any atom is -0.481 e. The van der Waals surface area contributed by atoms with E-state index in [2.05, 4.69) is 25.0 Å². The molecule has 0 radical (unpaired) electrons. The molecular formula is C32H39N6O4S4W-. The van der Waals surface area contributed by atoms with Crippen molar-refractivity contribution in [1.29, 1.82) is 0 Å². The fraction of sp³-hybridized carbons (Fsp3) is 0.531. The Morgan fingerprint density at radius 3 is 1.62 bits per heavy atom. The standard InChI is InChI=1S/C16H19N3O2S2.C15H17N3O2S2.CH3.W/c1-21-13(20)8-22-16-18-17-9-19(16)15-12-5-3-2-4-11(12)14(23-15)10-6-7-10;19-12(20)7-21-15-17-16-8-18(15)14-11-4-2-1-3-10(11)13(22-14)9-5-6-9;;/h9-10H,2-8H2,1H3;8-9H,1-7H2,(H,19,20);1H3;/q;;-1;. The Balaban J connectivity index is 0.000000177. The van der Waals surface area contributed by atoms with Crippen molar-refractivity contribution < 1.29 is 40.5 Å². The Hall–Kier alpha value is -1.99. The Kier molecular flexibility index (Phi) is 12.5. The van der Waals surface area contributed by atoms with Gasteiger partial charge in [-0.3, -0.25) is 18.7 Å². The van der Waals surface area contributed by atoms with Crippen molar-refractivity contribution in [3.8, 4) is 10.0 Å². The molecule has 8 rings (SSSR count). The number of thioether (sulfide) groups is 2. The summed E-state index contributed by atoms with van der Waals surface area (Å²) in [6.07, 6.45) is 18.5. The number of carboxylic acid groups (broad SMARTS) is 1. The van der Waals surface area contributed by atoms with Crippen LogP contribution in [0.1, 0.15) is 95.2 Å². The number of thiophene rings is 2. The van der Waals surface area contributed by atoms with Crippen LogP contribution < -0.4 is 0 Å². The van der Waals surface area contributed by atoms with Gasteiger partial charge in [0.2, 0.25) is 0 Å². The SMILES string of the molecule is COC(=O)CSc1nncn1-c1sc(C2CC2)c2c1CCCC2.O=C(O)CSc1nncn1-c1sc(C2CC2)c2c1CCCC2.[CH3-].[W]. The monoisotopic (exact) mass is 883 g/mol. The third-order valence-electron chi connectivity index (χ3n) is 8.70. The Morgan fingerprint density at radius 2 is 1.21 bits per heavy atom. The fourth-order valence-corrected chi connectivity index (χ4v) is 10.8. The summed E-state index contributed by atoms with van der Waals surface area (Å²) in [5.41, 5.74) is 6.10. The number of carboxylic acids is 1. The van der Waals surface area contributed by atoms with Crippen LogP contribution in [0.15, 0.2) is 23.0 Å². The molecule has 1 N–H and O–H groups in total. The predicted molar refractivity (Wildman–Crippen MR) is 183 cm³/mol. The van der Waals surface area contributed by atoms with Gasteiger partial charge in [-0.05, 0) is 111 Å². The van der Waals surface area contributed by atoms with Crippen molar-refractivity contribution in [2.24, 2.45) is 0 Å². The quantitative estimate of drug-likeness (QED) is 0.101. The number of carbonyl (C=O) groups is 2. The Morgan fingerprint density at radius 1 is 0.787 bits per heavy atom. The molecule has 0 spiro atoms. The molecule has 2 fully saturated rings. The number of nitrogens with zero attached hydrogens (tertiary/aromatic N) is 6. The second-order valence-electron chi connectivity index (χ2n) is 11.9. The van der Waals surface area contributed by atoms with Gasteiger partial charge in [-0.15, -0.1) is 43.1 Å². The second-order valence-corrected chi connectivity index (χ2v) is 15.9. The summed E-state index contributed by atoms with van der Waals surface area (Å²) in [5.74, 6) is 0.753. The number of aliphatic carboxylic acids is 1. The maximum atomic E-state index is 11.4. The van der Waals surface area contributed by atoms with E-state index >= 15 is 0 Å². The van der Waals surface area contributed by atoms with Gasteiger partial charge >= 0.3 is 11.9 Å². The normalized spacial score (nSPS) is 16.5. The van der Waals surface area contributed by atoms with E-state index in [0.29, 0.717) is 5.16 Å². The molecule has 4 aromatic rings. The first-order chi connectivity index (χ1) is 22.0. The van der Waals surface area contributed by atoms with E-state index in [1.54, 1.807) is 33.5 Å². The number of esters is 1. The van der Waals surface area contributed by atoms with E-state index in [4.69, 9.17) is 9.84 Å². The van der Waals surface area contributed by atoms with E-state index in [-0.39, 0.29) is 46.0 Å². The number of ether oxygens (including phenoxy) is 1. The van der Waals surface area contributed by atoms with Crippen LogP contribution in [-0.2, 0) is 61.1 Å². The predicted octanol–water partition coefficient (Wildman–Crippen LogP) is 7.06. The maximum Gasteiger partial charge on any atom is 0.316 e. The maximum absolute atomic E-state index is 11.4. The Bertz CT molecular complexity index is 1710. The molecule has 0 unspecified atom stereocenters. The summed E-state index contributed by atoms with van der Waals surface area (Å²) < 4.78 is 8.77. The van der Waals surface area contributed by atoms with E-state index in [1.165, 1.54) is 116 Å². The van der Waals surface area contributed by atoms with Gasteiger partial charge in [0, 0.05) is 30.8 Å². The molecular weight excluding hydrogens is 844 g/mol. The number of rotatable bonds is 10. The molecule has 0 bridgehead atoms. The topological polar surface area (TPSA) is 125 Å². The zero-order valence-electron chi connectivity index (χ0n) is 26.6. The molecule has 0 aliphatic heterocycles. The zero-order valence-corrected chi connectivity index (χ0v) is 32.8. The molecule has 4 heterocycles. The molecule has 47 heavy (non-hydrogen) atoms. The molecule has 2 saturated carbocycles. The van der Waals surface area contributed by atoms with Gasteiger partial charge in [-0.2, -0.15) is 0 Å². The summed E-state index contributed by atoms with van der Waals surface area (Å²) >= 11 is 6.41. The average Bonchev–Trinajstić information content (AvgIpc) is 3.90. The molecule has 0 amide bonds. The summed E-state index contributed by atoms with van der Waals surface area (Å²) in [5, 5.41) is 29.2. The summed E-state index contributed by atoms with van der Waals surface area (Å²) in [6, 6.07) is 0. The number of methoxy groups -OCH3 is 1. The Labute approximate surface area is 306 Å². The van der Waals surface area contributed by atoms with E-state index in [1.807, 2.05) is 27.2 Å². The molecule has 4 aliphatic rings. The molecule has 15 heteroatoms. The summed E-state index contributed by atoms with van der Waals surface area (Å²) in [7, 11) is 1.41. The van der Waals surface area contributed by atoms with Gasteiger partial charge in [0.1, 0.15) is 22.7 Å². The molecule has 0 aromatic carbocycles. The van der Waals surface area contributed by atoms with Gasteiger partial charge in [0.15, 0.2) is 10.3 Å². The van der Waals surface area contributed by atoms with Crippen LogP contribution >= 0.6 is 46.2 Å². The third kappa shape index (κ3) is 8.08. The average molecular weight is 884 g/mol. The van der Waals surface area contributed by atoms with Crippen LogP contribution in [0.4, 0.5) is 0 Å². The summed E-state index contributed by atoms with van der Waals surface area (Å²) in [4.78, 5) is 25.3. The van der Waals surface area contributed by atoms with Crippen molar-refractivity contribution in [2.45, 2.75) is 99.2 Å². The van der Waals surface area contributed by atoms with Crippen molar-refractivity contribution in [3.63, 3.8) is 0 Å². The first-order valence-corrected chi connectivity index (χ1v) is 19.3. The van der Waals surface area contributed by atoms with Crippen molar-refractivity contribution in [3.05, 3.63) is 52.1 Å². The van der Waals surface area contributed by atoms with Gasteiger partial charge in [0.05, 0.1) is 18.6 Å². The van der Waals surface area contributed by atoms with E-state index < -0.39 is 5.97 Å². The van der Waals surface area contributed by atoms with Crippen LogP contribution in [0.25, 0.3) is 10.0 Å². The number of hydrogen-bond donors (Lipinski definition) is 1. The number of hydrogen-bond acceptors (Lipinski definition) is 11. The van der Waals surface area contributed by atoms with E-state index in [0.717, 1.165) is 29.8 Å². The van der Waals surface area contributed by atoms with Gasteiger partial charge in [-0.1, -0.05) is 23.5 Å². The van der Waals surface area contributed by atoms with Crippen LogP contribution in [0.2, 0.25) is 0 Å². The first kappa shape index (κ1) is 36.3. The summed E-state index contributed by atoms with van der Waals surface area (Å²) in [6.45, 7) is 0. The van der Waals surface area contributed by atoms with Crippen molar-refractivity contribution >= 4 is 58.1 Å². The minimum atomic E-state index is -0.827. The first-order valence-electron chi connectivity index (χ1n) is 15.7. The molecule has 4 aliphatic carbocycles. The van der Waals surface area contributed by atoms with Crippen LogP contribution in [-0.4, -0.2) is 65.2 Å². The minimum absolute atomic E-state index is 0. The molecule has 0 atom stereocenters. The van der Waals surface area contributed by atoms with Crippen molar-refractivity contribution in [2.75, 3.05) is 18.6 Å². The van der Waals surface area contributed by atoms with Gasteiger partial charge in [-0.25, -0.2) is 0 Å². The fourth-order valence-electron chi connectivity index (χ4n) is 6.25. The number of aromatic nitrogens is 6.